The molecule has 3 aromatic rings. The number of amides is 2. The maximum Gasteiger partial charge on any atom is 1.00 e. The summed E-state index contributed by atoms with van der Waals surface area (Å²) in [6.07, 6.45) is 3.58. The Hall–Kier alpha value is -3.17. The topological polar surface area (TPSA) is 159 Å². The number of amidine groups is 1. The molecule has 3 rings (SSSR count). The van der Waals surface area contributed by atoms with E-state index in [1.165, 1.54) is 7.11 Å². The van der Waals surface area contributed by atoms with Gasteiger partial charge in [-0.1, -0.05) is 30.3 Å². The molecule has 10 heteroatoms. The SMILES string of the molecule is C[N-]/C(=C\C(N)=NC(=O)C(C)(C)OC)c1cccc(-c2cc(-c3ccnc(C(C)(C)C#N)c3)ccc2C)c1.NC=O.[K+]. The summed E-state index contributed by atoms with van der Waals surface area (Å²) >= 11 is 0. The van der Waals surface area contributed by atoms with Crippen molar-refractivity contribution in [3.8, 4) is 28.3 Å². The van der Waals surface area contributed by atoms with Crippen LogP contribution in [-0.2, 0) is 19.7 Å². The number of carbonyl (C=O) groups is 2. The molecule has 1 aromatic heterocycles. The molecule has 0 aliphatic carbocycles. The van der Waals surface area contributed by atoms with E-state index in [1.807, 2.05) is 50.2 Å². The number of benzene rings is 2. The molecule has 0 saturated carbocycles. The van der Waals surface area contributed by atoms with Gasteiger partial charge in [0.15, 0.2) is 0 Å². The van der Waals surface area contributed by atoms with Crippen molar-refractivity contribution in [1.29, 1.82) is 5.26 Å². The summed E-state index contributed by atoms with van der Waals surface area (Å²) in [6.45, 7) is 9.06. The summed E-state index contributed by atoms with van der Waals surface area (Å²) < 4.78 is 5.19. The van der Waals surface area contributed by atoms with Gasteiger partial charge >= 0.3 is 51.4 Å². The van der Waals surface area contributed by atoms with Gasteiger partial charge in [-0.3, -0.25) is 14.6 Å². The van der Waals surface area contributed by atoms with E-state index in [9.17, 15) is 10.1 Å². The Morgan fingerprint density at radius 2 is 1.71 bits per heavy atom. The van der Waals surface area contributed by atoms with Gasteiger partial charge in [0.25, 0.3) is 5.91 Å². The Morgan fingerprint density at radius 1 is 1.07 bits per heavy atom. The number of hydrogen-bond donors (Lipinski definition) is 2. The maximum atomic E-state index is 12.4. The van der Waals surface area contributed by atoms with Crippen molar-refractivity contribution in [2.24, 2.45) is 16.5 Å². The third kappa shape index (κ3) is 9.69. The van der Waals surface area contributed by atoms with E-state index >= 15 is 0 Å². The minimum Gasteiger partial charge on any atom is -0.686 e. The molecule has 1 heterocycles. The van der Waals surface area contributed by atoms with Crippen LogP contribution in [0.5, 0.6) is 0 Å². The number of primary amides is 1. The van der Waals surface area contributed by atoms with E-state index in [0.717, 1.165) is 39.1 Å². The van der Waals surface area contributed by atoms with Crippen molar-refractivity contribution in [2.45, 2.75) is 45.6 Å². The van der Waals surface area contributed by atoms with Crippen LogP contribution in [0.4, 0.5) is 0 Å². The molecule has 0 unspecified atom stereocenters. The number of nitrogens with zero attached hydrogens (tertiary/aromatic N) is 4. The molecule has 42 heavy (non-hydrogen) atoms. The molecule has 4 N–H and O–H groups in total. The second-order valence-corrected chi connectivity index (χ2v) is 10.2. The Morgan fingerprint density at radius 3 is 2.31 bits per heavy atom. The van der Waals surface area contributed by atoms with Gasteiger partial charge in [0.05, 0.1) is 17.2 Å². The number of aryl methyl sites for hydroxylation is 1. The summed E-state index contributed by atoms with van der Waals surface area (Å²) in [6, 6.07) is 20.5. The first-order valence-corrected chi connectivity index (χ1v) is 12.8. The van der Waals surface area contributed by atoms with Crippen LogP contribution in [0.1, 0.15) is 44.5 Å². The largest absolute Gasteiger partial charge is 1.00 e. The third-order valence-corrected chi connectivity index (χ3v) is 6.50. The van der Waals surface area contributed by atoms with Crippen molar-refractivity contribution >= 4 is 23.8 Å². The van der Waals surface area contributed by atoms with Gasteiger partial charge in [-0.25, -0.2) is 0 Å². The van der Waals surface area contributed by atoms with Crippen molar-refractivity contribution < 1.29 is 65.7 Å². The number of methoxy groups -OCH3 is 1. The van der Waals surface area contributed by atoms with Crippen LogP contribution in [0.15, 0.2) is 71.9 Å². The van der Waals surface area contributed by atoms with Crippen LogP contribution in [0.2, 0.25) is 0 Å². The Balaban J connectivity index is 0.00000211. The van der Waals surface area contributed by atoms with E-state index in [0.29, 0.717) is 5.70 Å². The Labute approximate surface area is 290 Å². The summed E-state index contributed by atoms with van der Waals surface area (Å²) in [5.74, 6) is -0.416. The van der Waals surface area contributed by atoms with Gasteiger partial charge < -0.3 is 21.5 Å². The molecule has 0 radical (unpaired) electrons. The number of nitriles is 1. The molecule has 9 nitrogen and oxygen atoms in total. The summed E-state index contributed by atoms with van der Waals surface area (Å²) in [5.41, 5.74) is 15.9. The number of carbonyl (C=O) groups excluding carboxylic acids is 2. The molecule has 0 saturated heterocycles. The van der Waals surface area contributed by atoms with Crippen LogP contribution in [0.3, 0.4) is 0 Å². The predicted octanol–water partition coefficient (Wildman–Crippen LogP) is 2.28. The van der Waals surface area contributed by atoms with Gasteiger partial charge in [-0.2, -0.15) is 10.3 Å². The maximum absolute atomic E-state index is 12.4. The van der Waals surface area contributed by atoms with Crippen LogP contribution < -0.4 is 62.9 Å². The monoisotopic (exact) mass is 592 g/mol. The van der Waals surface area contributed by atoms with Crippen molar-refractivity contribution in [3.05, 3.63) is 89.0 Å². The van der Waals surface area contributed by atoms with Crippen LogP contribution in [0.25, 0.3) is 33.3 Å². The summed E-state index contributed by atoms with van der Waals surface area (Å²) in [4.78, 5) is 29.3. The van der Waals surface area contributed by atoms with Crippen molar-refractivity contribution in [3.63, 3.8) is 0 Å². The molecule has 0 spiro atoms. The van der Waals surface area contributed by atoms with Gasteiger partial charge in [0.2, 0.25) is 6.41 Å². The first kappa shape index (κ1) is 36.9. The van der Waals surface area contributed by atoms with E-state index in [2.05, 4.69) is 52.2 Å². The second kappa shape index (κ2) is 16.5. The molecule has 0 atom stereocenters. The summed E-state index contributed by atoms with van der Waals surface area (Å²) in [7, 11) is 3.12. The fourth-order valence-corrected chi connectivity index (χ4v) is 3.76. The average molecular weight is 593 g/mol. The average Bonchev–Trinajstić information content (AvgIpc) is 2.96. The smallest absolute Gasteiger partial charge is 0.686 e. The Bertz CT molecular complexity index is 1510. The zero-order chi connectivity index (χ0) is 30.8. The van der Waals surface area contributed by atoms with Crippen molar-refractivity contribution in [1.82, 2.24) is 4.98 Å². The van der Waals surface area contributed by atoms with E-state index in [4.69, 9.17) is 15.3 Å². The fourth-order valence-electron chi connectivity index (χ4n) is 3.76. The summed E-state index contributed by atoms with van der Waals surface area (Å²) in [5, 5.41) is 13.9. The zero-order valence-electron chi connectivity index (χ0n) is 25.6. The van der Waals surface area contributed by atoms with Crippen molar-refractivity contribution in [2.75, 3.05) is 14.2 Å². The zero-order valence-corrected chi connectivity index (χ0v) is 28.7. The molecule has 2 aromatic carbocycles. The number of rotatable bonds is 8. The standard InChI is InChI=1S/C31H35N5O2.CH3NO.K/c1-20-11-12-21(22-13-14-35-27(17-22)30(2,3)19-32)16-25(20)23-9-8-10-24(15-23)26(34-6)18-28(33)36-29(37)31(4,5)38-7;2-1-3;/h8-18H,1-7H3,(H3,33,34,36,37);1H,(H2,2,3);/q;;+1/p-1. The minimum absolute atomic E-state index is 0. The number of ether oxygens (including phenoxy) is 1. The quantitative estimate of drug-likeness (QED) is 0.177. The molecule has 0 fully saturated rings. The molecular weight excluding hydrogens is 555 g/mol. The van der Waals surface area contributed by atoms with Gasteiger partial charge in [-0.15, -0.1) is 12.7 Å². The van der Waals surface area contributed by atoms with Crippen LogP contribution in [0, 0.1) is 18.3 Å². The first-order valence-electron chi connectivity index (χ1n) is 12.8. The molecule has 0 bridgehead atoms. The van der Waals surface area contributed by atoms with E-state index in [1.54, 1.807) is 33.2 Å². The van der Waals surface area contributed by atoms with Crippen LogP contribution in [-0.4, -0.2) is 42.9 Å². The van der Waals surface area contributed by atoms with Gasteiger partial charge in [-0.05, 0) is 98.3 Å². The molecule has 214 valence electrons. The Kier molecular flexibility index (Phi) is 14.4. The molecule has 2 amide bonds. The van der Waals surface area contributed by atoms with Gasteiger partial charge in [0, 0.05) is 13.3 Å². The molecule has 0 aliphatic heterocycles. The first-order chi connectivity index (χ1) is 19.3. The van der Waals surface area contributed by atoms with E-state index in [-0.39, 0.29) is 63.6 Å². The number of nitrogens with two attached hydrogens (primary N) is 2. The fraction of sp³-hybridized carbons (Fsp3) is 0.281. The van der Waals surface area contributed by atoms with Gasteiger partial charge in [0.1, 0.15) is 11.4 Å². The van der Waals surface area contributed by atoms with E-state index < -0.39 is 16.9 Å². The second-order valence-electron chi connectivity index (χ2n) is 10.2. The molecule has 0 aliphatic rings. The minimum atomic E-state index is -1.07. The third-order valence-electron chi connectivity index (χ3n) is 6.50. The number of aromatic nitrogens is 1. The normalized spacial score (nSPS) is 11.8. The predicted molar refractivity (Wildman–Crippen MR) is 164 cm³/mol. The number of hydrogen-bond acceptors (Lipinski definition) is 5. The van der Waals surface area contributed by atoms with Crippen LogP contribution >= 0.6 is 0 Å². The molecular formula is C32H37KN6O3. The number of aliphatic imine (C=N–C) groups is 1. The number of pyridine rings is 1.